The Kier molecular flexibility index (Phi) is 5.61. The third-order valence-electron chi connectivity index (χ3n) is 4.72. The van der Waals surface area contributed by atoms with Crippen molar-refractivity contribution in [3.8, 4) is 0 Å². The monoisotopic (exact) mass is 375 g/mol. The number of halogens is 1. The maximum Gasteiger partial charge on any atom is 0.331 e. The molecule has 0 aromatic carbocycles. The Morgan fingerprint density at radius 3 is 2.77 bits per heavy atom. The highest BCUT2D eigenvalue weighted by molar-refractivity contribution is 6.31. The average molecular weight is 376 g/mol. The number of pyridine rings is 1. The van der Waals surface area contributed by atoms with Gasteiger partial charge in [-0.05, 0) is 51.3 Å². The Balaban J connectivity index is 1.61. The predicted octanol–water partition coefficient (Wildman–Crippen LogP) is 3.33. The summed E-state index contributed by atoms with van der Waals surface area (Å²) in [4.78, 5) is 30.4. The molecule has 2 atom stereocenters. The Hall–Kier alpha value is -2.34. The normalized spacial score (nSPS) is 20.7. The fraction of sp³-hybridized carbons (Fsp3) is 0.421. The van der Waals surface area contributed by atoms with E-state index >= 15 is 0 Å². The second kappa shape index (κ2) is 7.91. The molecule has 0 bridgehead atoms. The molecular formula is C19H22ClN3O3. The number of esters is 1. The molecule has 138 valence electrons. The van der Waals surface area contributed by atoms with Crippen molar-refractivity contribution in [2.75, 3.05) is 6.61 Å². The smallest absolute Gasteiger partial charge is 0.331 e. The SMILES string of the molecule is C[C@@H]1CCC[C@@H](C)N1C(=O)COC(=O)/C=C/c1c(Cl)nc2ccccn12. The van der Waals surface area contributed by atoms with E-state index in [4.69, 9.17) is 16.3 Å². The zero-order chi connectivity index (χ0) is 18.7. The summed E-state index contributed by atoms with van der Waals surface area (Å²) in [5, 5.41) is 0.298. The zero-order valence-corrected chi connectivity index (χ0v) is 15.6. The van der Waals surface area contributed by atoms with Gasteiger partial charge in [0.25, 0.3) is 5.91 Å². The number of carbonyl (C=O) groups is 2. The van der Waals surface area contributed by atoms with Gasteiger partial charge in [-0.2, -0.15) is 0 Å². The number of imidazole rings is 1. The molecule has 2 aromatic rings. The van der Waals surface area contributed by atoms with Gasteiger partial charge in [0, 0.05) is 24.4 Å². The quantitative estimate of drug-likeness (QED) is 0.607. The lowest BCUT2D eigenvalue weighted by Crippen LogP contribution is -2.49. The van der Waals surface area contributed by atoms with Crippen LogP contribution >= 0.6 is 11.6 Å². The van der Waals surface area contributed by atoms with Gasteiger partial charge in [0.15, 0.2) is 11.8 Å². The van der Waals surface area contributed by atoms with E-state index in [1.807, 2.05) is 43.1 Å². The zero-order valence-electron chi connectivity index (χ0n) is 14.9. The van der Waals surface area contributed by atoms with Crippen molar-refractivity contribution in [3.05, 3.63) is 41.3 Å². The van der Waals surface area contributed by atoms with Crippen LogP contribution in [0.5, 0.6) is 0 Å². The second-order valence-corrected chi connectivity index (χ2v) is 6.95. The summed E-state index contributed by atoms with van der Waals surface area (Å²) in [6.07, 6.45) is 7.70. The molecule has 3 heterocycles. The third-order valence-corrected chi connectivity index (χ3v) is 5.00. The van der Waals surface area contributed by atoms with E-state index in [2.05, 4.69) is 4.98 Å². The first kappa shape index (κ1) is 18.5. The summed E-state index contributed by atoms with van der Waals surface area (Å²) in [6, 6.07) is 5.88. The predicted molar refractivity (Wildman–Crippen MR) is 99.8 cm³/mol. The number of amides is 1. The molecule has 0 radical (unpaired) electrons. The molecule has 7 heteroatoms. The van der Waals surface area contributed by atoms with Gasteiger partial charge in [0.1, 0.15) is 5.65 Å². The fourth-order valence-electron chi connectivity index (χ4n) is 3.45. The van der Waals surface area contributed by atoms with Crippen molar-refractivity contribution in [3.63, 3.8) is 0 Å². The van der Waals surface area contributed by atoms with E-state index in [9.17, 15) is 9.59 Å². The standard InChI is InChI=1S/C19H22ClN3O3/c1-13-6-5-7-14(2)23(13)17(24)12-26-18(25)10-9-15-19(20)21-16-8-3-4-11-22(15)16/h3-4,8-11,13-14H,5-7,12H2,1-2H3/b10-9+/t13-,14-/m1/s1. The van der Waals surface area contributed by atoms with Crippen LogP contribution in [-0.4, -0.2) is 44.9 Å². The van der Waals surface area contributed by atoms with Crippen LogP contribution in [0.15, 0.2) is 30.5 Å². The first-order chi connectivity index (χ1) is 12.5. The summed E-state index contributed by atoms with van der Waals surface area (Å²) >= 11 is 6.12. The Bertz CT molecular complexity index is 836. The maximum absolute atomic E-state index is 12.4. The van der Waals surface area contributed by atoms with E-state index in [1.165, 1.54) is 6.08 Å². The van der Waals surface area contributed by atoms with Gasteiger partial charge in [0.05, 0.1) is 5.69 Å². The summed E-state index contributed by atoms with van der Waals surface area (Å²) in [6.45, 7) is 3.81. The fourth-order valence-corrected chi connectivity index (χ4v) is 3.69. The molecule has 1 aliphatic rings. The molecule has 26 heavy (non-hydrogen) atoms. The number of hydrogen-bond acceptors (Lipinski definition) is 4. The molecule has 0 spiro atoms. The number of hydrogen-bond donors (Lipinski definition) is 0. The topological polar surface area (TPSA) is 63.9 Å². The number of aromatic nitrogens is 2. The second-order valence-electron chi connectivity index (χ2n) is 6.59. The number of likely N-dealkylation sites (tertiary alicyclic amines) is 1. The van der Waals surface area contributed by atoms with Crippen LogP contribution in [0.2, 0.25) is 5.15 Å². The molecule has 1 amide bonds. The van der Waals surface area contributed by atoms with Gasteiger partial charge in [-0.15, -0.1) is 0 Å². The number of fused-ring (bicyclic) bond motifs is 1. The Labute approximate surface area is 157 Å². The van der Waals surface area contributed by atoms with Crippen LogP contribution < -0.4 is 0 Å². The van der Waals surface area contributed by atoms with Gasteiger partial charge < -0.3 is 9.64 Å². The van der Waals surface area contributed by atoms with Crippen LogP contribution in [0.25, 0.3) is 11.7 Å². The highest BCUT2D eigenvalue weighted by Gasteiger charge is 2.29. The summed E-state index contributed by atoms with van der Waals surface area (Å²) < 4.78 is 6.89. The first-order valence-corrected chi connectivity index (χ1v) is 9.13. The van der Waals surface area contributed by atoms with Crippen molar-refractivity contribution in [1.29, 1.82) is 0 Å². The molecule has 1 aliphatic heterocycles. The number of rotatable bonds is 4. The minimum Gasteiger partial charge on any atom is -0.452 e. The average Bonchev–Trinajstić information content (AvgIpc) is 2.93. The largest absolute Gasteiger partial charge is 0.452 e. The van der Waals surface area contributed by atoms with Crippen LogP contribution in [0.1, 0.15) is 38.8 Å². The minimum atomic E-state index is -0.586. The summed E-state index contributed by atoms with van der Waals surface area (Å²) in [5.41, 5.74) is 1.28. The highest BCUT2D eigenvalue weighted by atomic mass is 35.5. The lowest BCUT2D eigenvalue weighted by Gasteiger charge is -2.38. The highest BCUT2D eigenvalue weighted by Crippen LogP contribution is 2.22. The first-order valence-electron chi connectivity index (χ1n) is 8.76. The van der Waals surface area contributed by atoms with E-state index in [-0.39, 0.29) is 24.6 Å². The lowest BCUT2D eigenvalue weighted by molar-refractivity contribution is -0.151. The van der Waals surface area contributed by atoms with Gasteiger partial charge in [-0.1, -0.05) is 17.7 Å². The molecule has 0 saturated carbocycles. The van der Waals surface area contributed by atoms with Gasteiger partial charge in [0.2, 0.25) is 0 Å². The van der Waals surface area contributed by atoms with Crippen LogP contribution in [0.3, 0.4) is 0 Å². The number of piperidine rings is 1. The van der Waals surface area contributed by atoms with Crippen molar-refractivity contribution in [1.82, 2.24) is 14.3 Å². The van der Waals surface area contributed by atoms with Crippen molar-refractivity contribution in [2.45, 2.75) is 45.2 Å². The van der Waals surface area contributed by atoms with E-state index in [1.54, 1.807) is 10.5 Å². The number of nitrogens with zero attached hydrogens (tertiary/aromatic N) is 3. The third kappa shape index (κ3) is 3.90. The van der Waals surface area contributed by atoms with Gasteiger partial charge >= 0.3 is 5.97 Å². The van der Waals surface area contributed by atoms with Gasteiger partial charge in [-0.25, -0.2) is 9.78 Å². The van der Waals surface area contributed by atoms with E-state index in [0.29, 0.717) is 16.5 Å². The van der Waals surface area contributed by atoms with E-state index < -0.39 is 5.97 Å². The molecular weight excluding hydrogens is 354 g/mol. The van der Waals surface area contributed by atoms with Crippen LogP contribution in [-0.2, 0) is 14.3 Å². The van der Waals surface area contributed by atoms with Crippen LogP contribution in [0, 0.1) is 0 Å². The summed E-state index contributed by atoms with van der Waals surface area (Å²) in [7, 11) is 0. The number of carbonyl (C=O) groups excluding carboxylic acids is 2. The molecule has 6 nitrogen and oxygen atoms in total. The van der Waals surface area contributed by atoms with Gasteiger partial charge in [-0.3, -0.25) is 9.20 Å². The molecule has 0 unspecified atom stereocenters. The Morgan fingerprint density at radius 1 is 1.31 bits per heavy atom. The minimum absolute atomic E-state index is 0.153. The molecule has 0 aliphatic carbocycles. The lowest BCUT2D eigenvalue weighted by atomic mass is 9.97. The molecule has 2 aromatic heterocycles. The van der Waals surface area contributed by atoms with Crippen molar-refractivity contribution in [2.24, 2.45) is 0 Å². The van der Waals surface area contributed by atoms with E-state index in [0.717, 1.165) is 19.3 Å². The molecule has 1 saturated heterocycles. The molecule has 1 fully saturated rings. The molecule has 3 rings (SSSR count). The Morgan fingerprint density at radius 2 is 2.04 bits per heavy atom. The molecule has 0 N–H and O–H groups in total. The van der Waals surface area contributed by atoms with Crippen molar-refractivity contribution < 1.29 is 14.3 Å². The maximum atomic E-state index is 12.4. The summed E-state index contributed by atoms with van der Waals surface area (Å²) in [5.74, 6) is -0.739. The van der Waals surface area contributed by atoms with Crippen molar-refractivity contribution >= 4 is 35.2 Å². The number of ether oxygens (including phenoxy) is 1. The van der Waals surface area contributed by atoms with Crippen LogP contribution in [0.4, 0.5) is 0 Å².